The summed E-state index contributed by atoms with van der Waals surface area (Å²) < 4.78 is -1.34. The fraction of sp³-hybridized carbons (Fsp3) is 0.130. The number of benzene rings is 3. The van der Waals surface area contributed by atoms with Crippen LogP contribution in [0, 0.1) is 5.92 Å². The highest BCUT2D eigenvalue weighted by Crippen LogP contribution is 2.65. The van der Waals surface area contributed by atoms with Crippen LogP contribution in [-0.2, 0) is 4.79 Å². The molecule has 5 nitrogen and oxygen atoms in total. The summed E-state index contributed by atoms with van der Waals surface area (Å²) in [5.74, 6) is -2.28. The highest BCUT2D eigenvalue weighted by molar-refractivity contribution is 6.53. The average molecular weight is 613 g/mol. The number of halogens is 7. The van der Waals surface area contributed by atoms with E-state index in [1.165, 1.54) is 12.1 Å². The number of hydrogen-bond donors (Lipinski definition) is 3. The second-order valence-electron chi connectivity index (χ2n) is 7.72. The molecule has 4 rings (SSSR count). The summed E-state index contributed by atoms with van der Waals surface area (Å²) in [6.45, 7) is 0. The Labute approximate surface area is 235 Å². The van der Waals surface area contributed by atoms with Crippen LogP contribution < -0.4 is 16.2 Å². The first-order valence-electron chi connectivity index (χ1n) is 9.93. The minimum atomic E-state index is -1.34. The monoisotopic (exact) mass is 609 g/mol. The molecule has 0 heterocycles. The zero-order valence-electron chi connectivity index (χ0n) is 17.3. The maximum Gasteiger partial charge on any atom is 0.271 e. The van der Waals surface area contributed by atoms with Gasteiger partial charge in [-0.15, -0.1) is 23.2 Å². The smallest absolute Gasteiger partial charge is 0.271 e. The Hall–Kier alpha value is -1.57. The number of alkyl halides is 2. The van der Waals surface area contributed by atoms with E-state index >= 15 is 0 Å². The third kappa shape index (κ3) is 5.89. The van der Waals surface area contributed by atoms with Crippen LogP contribution in [0.4, 0.5) is 11.4 Å². The van der Waals surface area contributed by atoms with Crippen molar-refractivity contribution in [3.8, 4) is 0 Å². The highest BCUT2D eigenvalue weighted by atomic mass is 35.5. The summed E-state index contributed by atoms with van der Waals surface area (Å²) in [5, 5.41) is 4.50. The largest absolute Gasteiger partial charge is 0.326 e. The molecule has 3 aromatic carbocycles. The molecule has 0 radical (unpaired) electrons. The van der Waals surface area contributed by atoms with Gasteiger partial charge in [0.05, 0.1) is 27.2 Å². The fourth-order valence-electron chi connectivity index (χ4n) is 3.60. The summed E-state index contributed by atoms with van der Waals surface area (Å²) in [6.07, 6.45) is 0. The third-order valence-corrected chi connectivity index (χ3v) is 7.57. The van der Waals surface area contributed by atoms with Crippen molar-refractivity contribution in [3.05, 3.63) is 90.8 Å². The first kappa shape index (κ1) is 26.5. The van der Waals surface area contributed by atoms with Gasteiger partial charge in [0.15, 0.2) is 0 Å². The molecule has 2 amide bonds. The minimum absolute atomic E-state index is 0.104. The van der Waals surface area contributed by atoms with E-state index in [0.717, 1.165) is 0 Å². The predicted octanol–water partition coefficient (Wildman–Crippen LogP) is 8.24. The maximum absolute atomic E-state index is 13.0. The number of amides is 2. The molecule has 1 saturated carbocycles. The second-order valence-corrected chi connectivity index (χ2v) is 11.3. The molecule has 2 atom stereocenters. The number of hydrazine groups is 1. The number of nitrogens with one attached hydrogen (secondary N) is 3. The summed E-state index contributed by atoms with van der Waals surface area (Å²) in [5.41, 5.74) is 6.66. The zero-order chi connectivity index (χ0) is 25.5. The standard InChI is InChI=1S/C23H14Cl7N3O2/c24-11-1-3-17(28)18(8-11)32-33-21(34)15-9-14(2-4-16(15)27)31-22(35)20-19(23(20,29)30)10-5-12(25)7-13(26)6-10/h1-9,19-20,32H,(H,31,35)(H,33,34). The number of carbonyl (C=O) groups is 2. The maximum atomic E-state index is 13.0. The summed E-state index contributed by atoms with van der Waals surface area (Å²) in [4.78, 5) is 25.7. The Morgan fingerprint density at radius 2 is 1.43 bits per heavy atom. The van der Waals surface area contributed by atoms with Gasteiger partial charge >= 0.3 is 0 Å². The van der Waals surface area contributed by atoms with Gasteiger partial charge in [0, 0.05) is 26.7 Å². The van der Waals surface area contributed by atoms with E-state index in [4.69, 9.17) is 81.2 Å². The van der Waals surface area contributed by atoms with Crippen LogP contribution in [0.3, 0.4) is 0 Å². The molecular formula is C23H14Cl7N3O2. The van der Waals surface area contributed by atoms with E-state index in [9.17, 15) is 9.59 Å². The van der Waals surface area contributed by atoms with Crippen LogP contribution in [0.1, 0.15) is 21.8 Å². The lowest BCUT2D eigenvalue weighted by atomic mass is 10.1. The van der Waals surface area contributed by atoms with Gasteiger partial charge in [-0.2, -0.15) is 0 Å². The van der Waals surface area contributed by atoms with Crippen LogP contribution in [0.15, 0.2) is 54.6 Å². The average Bonchev–Trinajstić information content (AvgIpc) is 3.37. The van der Waals surface area contributed by atoms with Gasteiger partial charge in [0.25, 0.3) is 5.91 Å². The molecule has 3 aromatic rings. The van der Waals surface area contributed by atoms with Crippen LogP contribution in [0.2, 0.25) is 25.1 Å². The molecule has 0 spiro atoms. The Balaban J connectivity index is 1.47. The molecule has 182 valence electrons. The van der Waals surface area contributed by atoms with Crippen LogP contribution in [0.25, 0.3) is 0 Å². The molecule has 2 unspecified atom stereocenters. The topological polar surface area (TPSA) is 70.2 Å². The second kappa shape index (κ2) is 10.4. The third-order valence-electron chi connectivity index (χ3n) is 5.30. The van der Waals surface area contributed by atoms with E-state index in [1.54, 1.807) is 42.5 Å². The van der Waals surface area contributed by atoms with Gasteiger partial charge in [-0.3, -0.25) is 20.4 Å². The summed E-state index contributed by atoms with van der Waals surface area (Å²) >= 11 is 43.2. The molecule has 12 heteroatoms. The van der Waals surface area contributed by atoms with Gasteiger partial charge in [-0.25, -0.2) is 0 Å². The predicted molar refractivity (Wildman–Crippen MR) is 145 cm³/mol. The molecular weight excluding hydrogens is 598 g/mol. The van der Waals surface area contributed by atoms with Crippen LogP contribution in [-0.4, -0.2) is 16.1 Å². The van der Waals surface area contributed by atoms with E-state index in [1.807, 2.05) is 0 Å². The Bertz CT molecular complexity index is 1310. The molecule has 0 saturated heterocycles. The van der Waals surface area contributed by atoms with Gasteiger partial charge in [0.1, 0.15) is 4.33 Å². The normalized spacial score (nSPS) is 18.0. The van der Waals surface area contributed by atoms with Crippen LogP contribution in [0.5, 0.6) is 0 Å². The molecule has 3 N–H and O–H groups in total. The zero-order valence-corrected chi connectivity index (χ0v) is 22.6. The van der Waals surface area contributed by atoms with Gasteiger partial charge in [0.2, 0.25) is 5.91 Å². The van der Waals surface area contributed by atoms with Gasteiger partial charge < -0.3 is 5.32 Å². The first-order chi connectivity index (χ1) is 16.5. The number of rotatable bonds is 6. The molecule has 1 aliphatic carbocycles. The van der Waals surface area contributed by atoms with E-state index < -0.39 is 28.0 Å². The molecule has 0 aromatic heterocycles. The van der Waals surface area contributed by atoms with Crippen molar-refractivity contribution in [2.24, 2.45) is 5.92 Å². The van der Waals surface area contributed by atoms with E-state index in [-0.39, 0.29) is 10.6 Å². The number of hydrogen-bond acceptors (Lipinski definition) is 3. The van der Waals surface area contributed by atoms with Crippen molar-refractivity contribution in [1.29, 1.82) is 0 Å². The minimum Gasteiger partial charge on any atom is -0.326 e. The lowest BCUT2D eigenvalue weighted by molar-refractivity contribution is -0.117. The van der Waals surface area contributed by atoms with Crippen molar-refractivity contribution in [2.45, 2.75) is 10.3 Å². The number of carbonyl (C=O) groups excluding carboxylic acids is 2. The van der Waals surface area contributed by atoms with E-state index in [0.29, 0.717) is 37.0 Å². The quantitative estimate of drug-likeness (QED) is 0.194. The molecule has 35 heavy (non-hydrogen) atoms. The summed E-state index contributed by atoms with van der Waals surface area (Å²) in [6, 6.07) is 14.1. The lowest BCUT2D eigenvalue weighted by Crippen LogP contribution is -2.30. The van der Waals surface area contributed by atoms with Crippen molar-refractivity contribution in [3.63, 3.8) is 0 Å². The van der Waals surface area contributed by atoms with Crippen molar-refractivity contribution in [1.82, 2.24) is 5.43 Å². The van der Waals surface area contributed by atoms with Crippen molar-refractivity contribution >= 4 is 104 Å². The Morgan fingerprint density at radius 1 is 0.771 bits per heavy atom. The lowest BCUT2D eigenvalue weighted by Gasteiger charge is -2.12. The van der Waals surface area contributed by atoms with Crippen LogP contribution >= 0.6 is 81.2 Å². The molecule has 1 fully saturated rings. The first-order valence-corrected chi connectivity index (χ1v) is 12.6. The Morgan fingerprint density at radius 3 is 2.11 bits per heavy atom. The van der Waals surface area contributed by atoms with Gasteiger partial charge in [-0.1, -0.05) is 58.0 Å². The molecule has 0 bridgehead atoms. The highest BCUT2D eigenvalue weighted by Gasteiger charge is 2.67. The Kier molecular flexibility index (Phi) is 7.89. The molecule has 1 aliphatic rings. The fourth-order valence-corrected chi connectivity index (χ4v) is 5.52. The molecule has 0 aliphatic heterocycles. The van der Waals surface area contributed by atoms with Gasteiger partial charge in [-0.05, 0) is 60.2 Å². The van der Waals surface area contributed by atoms with E-state index in [2.05, 4.69) is 16.2 Å². The summed E-state index contributed by atoms with van der Waals surface area (Å²) in [7, 11) is 0. The SMILES string of the molecule is O=C(NNc1cc(Cl)ccc1Cl)c1cc(NC(=O)C2C(c3cc(Cl)cc(Cl)c3)C2(Cl)Cl)ccc1Cl. The van der Waals surface area contributed by atoms with Crippen molar-refractivity contribution in [2.75, 3.05) is 10.7 Å². The number of anilines is 2. The van der Waals surface area contributed by atoms with Crippen molar-refractivity contribution < 1.29 is 9.59 Å².